The molecule has 2 amide bonds. The van der Waals surface area contributed by atoms with Crippen LogP contribution in [0.1, 0.15) is 60.3 Å². The van der Waals surface area contributed by atoms with Gasteiger partial charge in [-0.1, -0.05) is 0 Å². The quantitative estimate of drug-likeness (QED) is 0.802. The van der Waals surface area contributed by atoms with Gasteiger partial charge in [0.05, 0.1) is 12.2 Å². The number of nitrogens with zero attached hydrogens (tertiary/aromatic N) is 3. The highest BCUT2D eigenvalue weighted by Gasteiger charge is 2.43. The lowest BCUT2D eigenvalue weighted by Crippen LogP contribution is -2.52. The third-order valence-electron chi connectivity index (χ3n) is 7.31. The van der Waals surface area contributed by atoms with Gasteiger partial charge in [-0.2, -0.15) is 5.10 Å². The number of aryl methyl sites for hydroxylation is 1. The van der Waals surface area contributed by atoms with Gasteiger partial charge in [-0.3, -0.25) is 14.3 Å². The van der Waals surface area contributed by atoms with Gasteiger partial charge >= 0.3 is 0 Å². The molecule has 5 rings (SSSR count). The van der Waals surface area contributed by atoms with Crippen LogP contribution in [0, 0.1) is 11.8 Å². The van der Waals surface area contributed by atoms with E-state index in [-0.39, 0.29) is 23.3 Å². The molecule has 3 fully saturated rings. The van der Waals surface area contributed by atoms with Crippen molar-refractivity contribution in [1.29, 1.82) is 0 Å². The van der Waals surface area contributed by atoms with Crippen LogP contribution < -0.4 is 5.32 Å². The summed E-state index contributed by atoms with van der Waals surface area (Å²) in [4.78, 5) is 27.5. The topological polar surface area (TPSA) is 85.7 Å². The molecule has 1 aliphatic carbocycles. The van der Waals surface area contributed by atoms with Crippen LogP contribution in [0.15, 0.2) is 0 Å². The summed E-state index contributed by atoms with van der Waals surface area (Å²) in [5, 5.41) is 7.54. The standard InChI is InChI=1S/C22H32N4O4/c1-25-18-12-22(6-8-26(9-7-22)21(28)16-4-10-29-11-5-16)30-14-17(18)19(24-25)20(27)23-13-15-2-3-15/h15-16H,2-14H2,1H3,(H,23,27). The maximum atomic E-state index is 12.8. The molecule has 0 bridgehead atoms. The number of piperidine rings is 1. The highest BCUT2D eigenvalue weighted by atomic mass is 16.5. The Kier molecular flexibility index (Phi) is 5.31. The molecule has 1 saturated carbocycles. The van der Waals surface area contributed by atoms with Gasteiger partial charge in [-0.15, -0.1) is 0 Å². The average molecular weight is 417 g/mol. The minimum Gasteiger partial charge on any atom is -0.381 e. The number of carbonyl (C=O) groups is 2. The van der Waals surface area contributed by atoms with E-state index in [4.69, 9.17) is 9.47 Å². The Balaban J connectivity index is 1.22. The van der Waals surface area contributed by atoms with Crippen molar-refractivity contribution in [3.63, 3.8) is 0 Å². The second-order valence-electron chi connectivity index (χ2n) is 9.41. The predicted molar refractivity (Wildman–Crippen MR) is 109 cm³/mol. The first-order chi connectivity index (χ1) is 14.5. The lowest BCUT2D eigenvalue weighted by atomic mass is 9.83. The second-order valence-corrected chi connectivity index (χ2v) is 9.41. The zero-order valence-electron chi connectivity index (χ0n) is 17.8. The SMILES string of the molecule is Cn1nc(C(=O)NCC2CC2)c2c1CC1(CCN(C(=O)C3CCOCC3)CC1)OC2. The van der Waals surface area contributed by atoms with Crippen molar-refractivity contribution >= 4 is 11.8 Å². The fraction of sp³-hybridized carbons (Fsp3) is 0.773. The first-order valence-electron chi connectivity index (χ1n) is 11.4. The molecular formula is C22H32N4O4. The Morgan fingerprint density at radius 1 is 1.17 bits per heavy atom. The van der Waals surface area contributed by atoms with Gasteiger partial charge in [0.25, 0.3) is 5.91 Å². The van der Waals surface area contributed by atoms with Crippen LogP contribution in [0.3, 0.4) is 0 Å². The van der Waals surface area contributed by atoms with E-state index < -0.39 is 0 Å². The smallest absolute Gasteiger partial charge is 0.272 e. The Morgan fingerprint density at radius 3 is 2.60 bits per heavy atom. The first kappa shape index (κ1) is 20.0. The fourth-order valence-electron chi connectivity index (χ4n) is 5.04. The molecule has 3 aliphatic heterocycles. The zero-order chi connectivity index (χ0) is 20.7. The van der Waals surface area contributed by atoms with Gasteiger partial charge in [-0.05, 0) is 44.4 Å². The van der Waals surface area contributed by atoms with E-state index >= 15 is 0 Å². The monoisotopic (exact) mass is 416 g/mol. The number of rotatable bonds is 4. The Bertz CT molecular complexity index is 817. The highest BCUT2D eigenvalue weighted by Crippen LogP contribution is 2.38. The van der Waals surface area contributed by atoms with Crippen molar-refractivity contribution < 1.29 is 19.1 Å². The summed E-state index contributed by atoms with van der Waals surface area (Å²) in [7, 11) is 1.92. The van der Waals surface area contributed by atoms with Gasteiger partial charge < -0.3 is 19.7 Å². The van der Waals surface area contributed by atoms with Crippen LogP contribution in [-0.2, 0) is 34.3 Å². The summed E-state index contributed by atoms with van der Waals surface area (Å²) in [5.41, 5.74) is 2.28. The van der Waals surface area contributed by atoms with E-state index in [0.717, 1.165) is 63.0 Å². The normalized spacial score (nSPS) is 24.0. The maximum absolute atomic E-state index is 12.8. The van der Waals surface area contributed by atoms with Crippen LogP contribution >= 0.6 is 0 Å². The summed E-state index contributed by atoms with van der Waals surface area (Å²) in [6.07, 6.45) is 6.50. The molecule has 8 heteroatoms. The average Bonchev–Trinajstić information content (AvgIpc) is 3.56. The van der Waals surface area contributed by atoms with Crippen molar-refractivity contribution in [2.75, 3.05) is 32.8 Å². The van der Waals surface area contributed by atoms with Crippen LogP contribution in [-0.4, -0.2) is 64.9 Å². The summed E-state index contributed by atoms with van der Waals surface area (Å²) >= 11 is 0. The largest absolute Gasteiger partial charge is 0.381 e. The van der Waals surface area contributed by atoms with Crippen LogP contribution in [0.25, 0.3) is 0 Å². The van der Waals surface area contributed by atoms with E-state index in [0.29, 0.717) is 31.4 Å². The highest BCUT2D eigenvalue weighted by molar-refractivity contribution is 5.94. The molecule has 4 heterocycles. The first-order valence-corrected chi connectivity index (χ1v) is 11.4. The van der Waals surface area contributed by atoms with E-state index in [1.54, 1.807) is 0 Å². The fourth-order valence-corrected chi connectivity index (χ4v) is 5.04. The van der Waals surface area contributed by atoms with Crippen LogP contribution in [0.5, 0.6) is 0 Å². The molecule has 0 atom stereocenters. The number of fused-ring (bicyclic) bond motifs is 1. The lowest BCUT2D eigenvalue weighted by Gasteiger charge is -2.44. The molecule has 1 aromatic rings. The molecule has 1 spiro atoms. The van der Waals surface area contributed by atoms with E-state index in [2.05, 4.69) is 10.4 Å². The summed E-state index contributed by atoms with van der Waals surface area (Å²) < 4.78 is 13.6. The van der Waals surface area contributed by atoms with Crippen LogP contribution in [0.4, 0.5) is 0 Å². The molecular weight excluding hydrogens is 384 g/mol. The Labute approximate surface area is 177 Å². The molecule has 1 N–H and O–H groups in total. The number of likely N-dealkylation sites (tertiary alicyclic amines) is 1. The summed E-state index contributed by atoms with van der Waals surface area (Å²) in [6, 6.07) is 0. The van der Waals surface area contributed by atoms with E-state index in [9.17, 15) is 9.59 Å². The number of nitrogens with one attached hydrogen (secondary N) is 1. The predicted octanol–water partition coefficient (Wildman–Crippen LogP) is 1.42. The number of amides is 2. The number of ether oxygens (including phenoxy) is 2. The molecule has 8 nitrogen and oxygen atoms in total. The number of aromatic nitrogens is 2. The lowest BCUT2D eigenvalue weighted by molar-refractivity contribution is -0.147. The molecule has 0 unspecified atom stereocenters. The van der Waals surface area contributed by atoms with Gasteiger partial charge in [-0.25, -0.2) is 0 Å². The molecule has 1 aromatic heterocycles. The third kappa shape index (κ3) is 3.87. The summed E-state index contributed by atoms with van der Waals surface area (Å²) in [5.74, 6) is 0.942. The van der Waals surface area contributed by atoms with Gasteiger partial charge in [0.15, 0.2) is 5.69 Å². The van der Waals surface area contributed by atoms with Crippen molar-refractivity contribution in [2.24, 2.45) is 18.9 Å². The van der Waals surface area contributed by atoms with Crippen LogP contribution in [0.2, 0.25) is 0 Å². The van der Waals surface area contributed by atoms with Crippen molar-refractivity contribution in [3.05, 3.63) is 17.0 Å². The number of hydrogen-bond donors (Lipinski definition) is 1. The minimum absolute atomic E-state index is 0.0878. The van der Waals surface area contributed by atoms with Gasteiger partial charge in [0.2, 0.25) is 5.91 Å². The zero-order valence-corrected chi connectivity index (χ0v) is 17.8. The molecule has 0 aromatic carbocycles. The molecule has 0 radical (unpaired) electrons. The molecule has 2 saturated heterocycles. The molecule has 30 heavy (non-hydrogen) atoms. The second kappa shape index (κ2) is 7.96. The van der Waals surface area contributed by atoms with Gasteiger partial charge in [0, 0.05) is 63.5 Å². The molecule has 164 valence electrons. The Morgan fingerprint density at radius 2 is 1.90 bits per heavy atom. The number of hydrogen-bond acceptors (Lipinski definition) is 5. The van der Waals surface area contributed by atoms with E-state index in [1.165, 1.54) is 12.8 Å². The van der Waals surface area contributed by atoms with E-state index in [1.807, 2.05) is 16.6 Å². The van der Waals surface area contributed by atoms with Crippen molar-refractivity contribution in [1.82, 2.24) is 20.0 Å². The number of carbonyl (C=O) groups excluding carboxylic acids is 2. The van der Waals surface area contributed by atoms with Crippen molar-refractivity contribution in [3.8, 4) is 0 Å². The Hall–Kier alpha value is -1.93. The minimum atomic E-state index is -0.255. The third-order valence-corrected chi connectivity index (χ3v) is 7.31. The summed E-state index contributed by atoms with van der Waals surface area (Å²) in [6.45, 7) is 4.01. The van der Waals surface area contributed by atoms with Crippen molar-refractivity contribution in [2.45, 2.75) is 57.2 Å². The van der Waals surface area contributed by atoms with Gasteiger partial charge in [0.1, 0.15) is 0 Å². The molecule has 4 aliphatic rings. The maximum Gasteiger partial charge on any atom is 0.272 e.